The van der Waals surface area contributed by atoms with Crippen molar-refractivity contribution in [3.05, 3.63) is 59.3 Å². The van der Waals surface area contributed by atoms with Crippen LogP contribution in [0.1, 0.15) is 44.9 Å². The number of carbonyl (C=O) groups excluding carboxylic acids is 2. The number of nitrogens with one attached hydrogen (secondary N) is 2. The van der Waals surface area contributed by atoms with Crippen molar-refractivity contribution in [2.45, 2.75) is 39.2 Å². The van der Waals surface area contributed by atoms with E-state index in [1.807, 2.05) is 24.3 Å². The first-order valence-corrected chi connectivity index (χ1v) is 7.90. The van der Waals surface area contributed by atoms with Gasteiger partial charge in [-0.25, -0.2) is 9.59 Å². The normalized spacial score (nSPS) is 17.8. The lowest BCUT2D eigenvalue weighted by Gasteiger charge is -2.28. The van der Waals surface area contributed by atoms with Crippen molar-refractivity contribution in [1.82, 2.24) is 10.6 Å². The lowest BCUT2D eigenvalue weighted by Crippen LogP contribution is -2.45. The van der Waals surface area contributed by atoms with Gasteiger partial charge in [-0.2, -0.15) is 0 Å². The van der Waals surface area contributed by atoms with E-state index >= 15 is 0 Å². The van der Waals surface area contributed by atoms with E-state index in [1.165, 1.54) is 11.6 Å². The summed E-state index contributed by atoms with van der Waals surface area (Å²) in [5.41, 5.74) is 2.95. The molecule has 0 unspecified atom stereocenters. The van der Waals surface area contributed by atoms with Crippen LogP contribution in [0.5, 0.6) is 0 Å². The Bertz CT molecular complexity index is 682. The maximum Gasteiger partial charge on any atom is 0.338 e. The Morgan fingerprint density at radius 1 is 1.29 bits per heavy atom. The molecular weight excluding hydrogens is 304 g/mol. The van der Waals surface area contributed by atoms with Crippen LogP contribution in [-0.2, 0) is 14.9 Å². The molecule has 0 aliphatic carbocycles. The van der Waals surface area contributed by atoms with E-state index in [0.29, 0.717) is 11.3 Å². The number of allylic oxidation sites excluding steroid dienone is 1. The van der Waals surface area contributed by atoms with Gasteiger partial charge < -0.3 is 15.4 Å². The van der Waals surface area contributed by atoms with Crippen molar-refractivity contribution in [3.63, 3.8) is 0 Å². The standard InChI is InChI=1S/C19H24N2O3/c1-6-11-24-17(22)15-12(2)20-18(23)21-16(15)13-7-9-14(10-8-13)19(3,4)5/h6-10,16H,1,11H2,2-5H3,(H2,20,21,23)/t16-/m1/s1. The Hall–Kier alpha value is -2.56. The van der Waals surface area contributed by atoms with Crippen molar-refractivity contribution in [1.29, 1.82) is 0 Å². The molecule has 1 atom stereocenters. The third-order valence-corrected chi connectivity index (χ3v) is 3.93. The monoisotopic (exact) mass is 328 g/mol. The molecule has 0 saturated heterocycles. The van der Waals surface area contributed by atoms with E-state index in [0.717, 1.165) is 5.56 Å². The highest BCUT2D eigenvalue weighted by atomic mass is 16.5. The van der Waals surface area contributed by atoms with Gasteiger partial charge in [0.2, 0.25) is 0 Å². The Labute approximate surface area is 142 Å². The quantitative estimate of drug-likeness (QED) is 0.658. The molecule has 0 fully saturated rings. The van der Waals surface area contributed by atoms with Crippen LogP contribution >= 0.6 is 0 Å². The smallest absolute Gasteiger partial charge is 0.338 e. The lowest BCUT2D eigenvalue weighted by atomic mass is 9.85. The van der Waals surface area contributed by atoms with Crippen molar-refractivity contribution >= 4 is 12.0 Å². The summed E-state index contributed by atoms with van der Waals surface area (Å²) in [5.74, 6) is -0.468. The van der Waals surface area contributed by atoms with Crippen LogP contribution in [0, 0.1) is 0 Å². The molecule has 2 rings (SSSR count). The van der Waals surface area contributed by atoms with Gasteiger partial charge >= 0.3 is 12.0 Å². The molecule has 1 aliphatic rings. The number of benzene rings is 1. The van der Waals surface area contributed by atoms with Crippen molar-refractivity contribution < 1.29 is 14.3 Å². The van der Waals surface area contributed by atoms with Gasteiger partial charge in [0.05, 0.1) is 11.6 Å². The molecule has 0 aromatic heterocycles. The maximum atomic E-state index is 12.4. The number of rotatable bonds is 4. The number of hydrogen-bond donors (Lipinski definition) is 2. The second kappa shape index (κ2) is 6.91. The molecule has 2 amide bonds. The maximum absolute atomic E-state index is 12.4. The van der Waals surface area contributed by atoms with Gasteiger partial charge in [-0.3, -0.25) is 0 Å². The fraction of sp³-hybridized carbons (Fsp3) is 0.368. The Balaban J connectivity index is 2.37. The summed E-state index contributed by atoms with van der Waals surface area (Å²) in [5, 5.41) is 5.42. The summed E-state index contributed by atoms with van der Waals surface area (Å²) in [6.07, 6.45) is 1.51. The minimum atomic E-state index is -0.537. The molecule has 0 saturated carbocycles. The zero-order valence-electron chi connectivity index (χ0n) is 14.6. The van der Waals surface area contributed by atoms with Gasteiger partial charge in [0.1, 0.15) is 6.61 Å². The zero-order chi connectivity index (χ0) is 17.9. The highest BCUT2D eigenvalue weighted by molar-refractivity contribution is 5.95. The molecule has 0 spiro atoms. The van der Waals surface area contributed by atoms with Crippen molar-refractivity contribution in [2.24, 2.45) is 0 Å². The van der Waals surface area contributed by atoms with Crippen LogP contribution in [0.2, 0.25) is 0 Å². The third kappa shape index (κ3) is 3.85. The number of hydrogen-bond acceptors (Lipinski definition) is 3. The third-order valence-electron chi connectivity index (χ3n) is 3.93. The largest absolute Gasteiger partial charge is 0.458 e. The van der Waals surface area contributed by atoms with Crippen molar-refractivity contribution in [3.8, 4) is 0 Å². The van der Waals surface area contributed by atoms with Crippen LogP contribution < -0.4 is 10.6 Å². The van der Waals surface area contributed by atoms with Crippen LogP contribution in [0.15, 0.2) is 48.2 Å². The van der Waals surface area contributed by atoms with E-state index in [9.17, 15) is 9.59 Å². The van der Waals surface area contributed by atoms with Crippen LogP contribution in [0.3, 0.4) is 0 Å². The molecule has 1 heterocycles. The van der Waals surface area contributed by atoms with Crippen LogP contribution in [0.4, 0.5) is 4.79 Å². The van der Waals surface area contributed by atoms with Gasteiger partial charge in [0.25, 0.3) is 0 Å². The summed E-state index contributed by atoms with van der Waals surface area (Å²) in [7, 11) is 0. The minimum absolute atomic E-state index is 0.0351. The summed E-state index contributed by atoms with van der Waals surface area (Å²) in [6.45, 7) is 11.8. The average Bonchev–Trinajstić information content (AvgIpc) is 2.51. The summed E-state index contributed by atoms with van der Waals surface area (Å²) >= 11 is 0. The fourth-order valence-corrected chi connectivity index (χ4v) is 2.60. The van der Waals surface area contributed by atoms with Gasteiger partial charge in [-0.15, -0.1) is 0 Å². The molecule has 5 heteroatoms. The Kier molecular flexibility index (Phi) is 5.12. The van der Waals surface area contributed by atoms with E-state index in [2.05, 4.69) is 38.0 Å². The van der Waals surface area contributed by atoms with E-state index in [-0.39, 0.29) is 18.1 Å². The molecule has 1 aliphatic heterocycles. The molecular formula is C19H24N2O3. The molecule has 24 heavy (non-hydrogen) atoms. The van der Waals surface area contributed by atoms with E-state index in [1.54, 1.807) is 6.92 Å². The Morgan fingerprint density at radius 2 is 1.92 bits per heavy atom. The molecule has 1 aromatic carbocycles. The lowest BCUT2D eigenvalue weighted by molar-refractivity contribution is -0.138. The number of urea groups is 1. The van der Waals surface area contributed by atoms with E-state index < -0.39 is 12.0 Å². The predicted octanol–water partition coefficient (Wildman–Crippen LogP) is 3.34. The van der Waals surface area contributed by atoms with E-state index in [4.69, 9.17) is 4.74 Å². The summed E-state index contributed by atoms with van der Waals surface area (Å²) in [6, 6.07) is 7.04. The summed E-state index contributed by atoms with van der Waals surface area (Å²) in [4.78, 5) is 24.2. The minimum Gasteiger partial charge on any atom is -0.458 e. The van der Waals surface area contributed by atoms with Gasteiger partial charge in [-0.05, 0) is 23.5 Å². The van der Waals surface area contributed by atoms with Crippen LogP contribution in [0.25, 0.3) is 0 Å². The summed E-state index contributed by atoms with van der Waals surface area (Å²) < 4.78 is 5.16. The first-order valence-electron chi connectivity index (χ1n) is 7.90. The highest BCUT2D eigenvalue weighted by Gasteiger charge is 2.32. The van der Waals surface area contributed by atoms with Gasteiger partial charge in [0, 0.05) is 5.70 Å². The number of esters is 1. The number of amides is 2. The zero-order valence-corrected chi connectivity index (χ0v) is 14.6. The van der Waals surface area contributed by atoms with Crippen molar-refractivity contribution in [2.75, 3.05) is 6.61 Å². The second-order valence-corrected chi connectivity index (χ2v) is 6.83. The van der Waals surface area contributed by atoms with Gasteiger partial charge in [-0.1, -0.05) is 57.7 Å². The molecule has 5 nitrogen and oxygen atoms in total. The molecule has 0 bridgehead atoms. The molecule has 2 N–H and O–H groups in total. The average molecular weight is 328 g/mol. The fourth-order valence-electron chi connectivity index (χ4n) is 2.60. The van der Waals surface area contributed by atoms with Crippen LogP contribution in [-0.4, -0.2) is 18.6 Å². The second-order valence-electron chi connectivity index (χ2n) is 6.83. The predicted molar refractivity (Wildman–Crippen MR) is 93.4 cm³/mol. The highest BCUT2D eigenvalue weighted by Crippen LogP contribution is 2.30. The number of carbonyl (C=O) groups is 2. The van der Waals surface area contributed by atoms with Gasteiger partial charge in [0.15, 0.2) is 0 Å². The first kappa shape index (κ1) is 17.8. The molecule has 1 aromatic rings. The first-order chi connectivity index (χ1) is 11.2. The SMILES string of the molecule is C=CCOC(=O)C1=C(C)NC(=O)N[C@@H]1c1ccc(C(C)(C)C)cc1. The topological polar surface area (TPSA) is 67.4 Å². The number of ether oxygens (including phenoxy) is 1. The molecule has 128 valence electrons. The molecule has 0 radical (unpaired) electrons. The Morgan fingerprint density at radius 3 is 2.46 bits per heavy atom.